The SMILES string of the molecule is CC(C)Oc1c(NC(=O)c2ccc(NC(=O)[C@H](CC(N)=O)NC(=O)c3ccc(NC(=O)c4ccccc4)cc3)cc2)ccc(C(=O)Nc2ccc(C(=O)O)cc2)c1O. The standard InChI is InChI=1S/C42H38N6O10/c1-23(2)58-36-32(21-20-31(35(36)50)40(54)45-29-18-12-27(13-19-29)42(56)57)47-38(52)25-10-16-30(17-11-25)46-41(55)33(22-34(43)49)48-39(53)26-8-14-28(15-9-26)44-37(51)24-6-4-3-5-7-24/h3-21,23,33,50H,22H2,1-2H3,(H2,43,49)(H,44,51)(H,45,54)(H,46,55)(H,47,52)(H,48,53)(H,56,57)/t33-/m0/s1. The first-order chi connectivity index (χ1) is 27.7. The first-order valence-corrected chi connectivity index (χ1v) is 17.6. The first-order valence-electron chi connectivity index (χ1n) is 17.6. The van der Waals surface area contributed by atoms with Gasteiger partial charge in [0, 0.05) is 33.8 Å². The van der Waals surface area contributed by atoms with Gasteiger partial charge in [-0.2, -0.15) is 0 Å². The summed E-state index contributed by atoms with van der Waals surface area (Å²) < 4.78 is 5.76. The second kappa shape index (κ2) is 18.5. The van der Waals surface area contributed by atoms with Crippen molar-refractivity contribution < 1.29 is 48.5 Å². The zero-order valence-electron chi connectivity index (χ0n) is 31.1. The van der Waals surface area contributed by atoms with Crippen molar-refractivity contribution in [2.75, 3.05) is 21.3 Å². The van der Waals surface area contributed by atoms with E-state index in [0.717, 1.165) is 0 Å². The zero-order chi connectivity index (χ0) is 41.9. The number of benzene rings is 5. The van der Waals surface area contributed by atoms with Gasteiger partial charge in [0.2, 0.25) is 11.8 Å². The van der Waals surface area contributed by atoms with Crippen molar-refractivity contribution in [1.29, 1.82) is 0 Å². The van der Waals surface area contributed by atoms with E-state index in [1.165, 1.54) is 84.9 Å². The predicted molar refractivity (Wildman–Crippen MR) is 214 cm³/mol. The van der Waals surface area contributed by atoms with Crippen LogP contribution in [0.25, 0.3) is 0 Å². The third-order valence-electron chi connectivity index (χ3n) is 8.25. The molecule has 1 atom stereocenters. The summed E-state index contributed by atoms with van der Waals surface area (Å²) in [6, 6.07) is 26.8. The Balaban J connectivity index is 1.22. The smallest absolute Gasteiger partial charge is 0.335 e. The lowest BCUT2D eigenvalue weighted by atomic mass is 10.1. The van der Waals surface area contributed by atoms with Crippen LogP contribution in [0.3, 0.4) is 0 Å². The first kappa shape index (κ1) is 41.2. The Kier molecular flexibility index (Phi) is 13.2. The maximum Gasteiger partial charge on any atom is 0.335 e. The molecule has 5 aromatic rings. The Bertz CT molecular complexity index is 2350. The minimum absolute atomic E-state index is 0.0242. The number of nitrogens with one attached hydrogen (secondary N) is 5. The van der Waals surface area contributed by atoms with Crippen molar-refractivity contribution in [2.24, 2.45) is 5.73 Å². The van der Waals surface area contributed by atoms with E-state index in [-0.39, 0.29) is 51.0 Å². The highest BCUT2D eigenvalue weighted by Gasteiger charge is 2.25. The fraction of sp³-hybridized carbons (Fsp3) is 0.119. The average molecular weight is 787 g/mol. The van der Waals surface area contributed by atoms with Crippen molar-refractivity contribution in [3.05, 3.63) is 143 Å². The maximum atomic E-state index is 13.3. The number of anilines is 4. The van der Waals surface area contributed by atoms with Crippen LogP contribution in [0.4, 0.5) is 22.7 Å². The Morgan fingerprint density at radius 2 is 1.07 bits per heavy atom. The Labute approximate surface area is 331 Å². The second-order valence-electron chi connectivity index (χ2n) is 13.0. The number of hydrogen-bond acceptors (Lipinski definition) is 9. The van der Waals surface area contributed by atoms with Crippen LogP contribution in [-0.2, 0) is 9.59 Å². The van der Waals surface area contributed by atoms with Crippen LogP contribution in [0.1, 0.15) is 72.1 Å². The molecule has 0 saturated heterocycles. The molecule has 16 nitrogen and oxygen atoms in total. The molecule has 0 heterocycles. The van der Waals surface area contributed by atoms with Crippen LogP contribution in [0, 0.1) is 0 Å². The molecule has 0 radical (unpaired) electrons. The van der Waals surface area contributed by atoms with Gasteiger partial charge < -0.3 is 47.3 Å². The Morgan fingerprint density at radius 3 is 1.60 bits per heavy atom. The topological polar surface area (TPSA) is 255 Å². The highest BCUT2D eigenvalue weighted by molar-refractivity contribution is 6.10. The molecule has 9 N–H and O–H groups in total. The van der Waals surface area contributed by atoms with E-state index in [4.69, 9.17) is 15.6 Å². The van der Waals surface area contributed by atoms with Crippen LogP contribution >= 0.6 is 0 Å². The fourth-order valence-electron chi connectivity index (χ4n) is 5.38. The van der Waals surface area contributed by atoms with Crippen molar-refractivity contribution >= 4 is 64.2 Å². The summed E-state index contributed by atoms with van der Waals surface area (Å²) in [4.78, 5) is 88.0. The number of carbonyl (C=O) groups is 7. The quantitative estimate of drug-likeness (QED) is 0.0684. The number of ether oxygens (including phenoxy) is 1. The molecule has 0 aliphatic heterocycles. The highest BCUT2D eigenvalue weighted by Crippen LogP contribution is 2.39. The van der Waals surface area contributed by atoms with Gasteiger partial charge in [-0.1, -0.05) is 18.2 Å². The molecule has 6 amide bonds. The number of carboxylic acids is 1. The summed E-state index contributed by atoms with van der Waals surface area (Å²) in [6.07, 6.45) is -0.994. The van der Waals surface area contributed by atoms with Gasteiger partial charge in [0.25, 0.3) is 23.6 Å². The number of carbonyl (C=O) groups excluding carboxylic acids is 6. The van der Waals surface area contributed by atoms with Crippen molar-refractivity contribution in [3.8, 4) is 11.5 Å². The van der Waals surface area contributed by atoms with E-state index in [0.29, 0.717) is 11.3 Å². The van der Waals surface area contributed by atoms with Crippen LogP contribution in [0.5, 0.6) is 11.5 Å². The molecule has 0 aliphatic rings. The molecule has 16 heteroatoms. The third kappa shape index (κ3) is 10.8. The van der Waals surface area contributed by atoms with Gasteiger partial charge in [0.1, 0.15) is 6.04 Å². The monoisotopic (exact) mass is 786 g/mol. The number of aromatic hydroxyl groups is 1. The van der Waals surface area contributed by atoms with Gasteiger partial charge in [0.05, 0.1) is 29.3 Å². The average Bonchev–Trinajstić information content (AvgIpc) is 3.19. The lowest BCUT2D eigenvalue weighted by Gasteiger charge is -2.19. The minimum Gasteiger partial charge on any atom is -0.504 e. The normalized spacial score (nSPS) is 11.1. The summed E-state index contributed by atoms with van der Waals surface area (Å²) in [6.45, 7) is 3.36. The zero-order valence-corrected chi connectivity index (χ0v) is 31.1. The second-order valence-corrected chi connectivity index (χ2v) is 13.0. The molecule has 5 aromatic carbocycles. The number of aromatic carboxylic acids is 1. The van der Waals surface area contributed by atoms with E-state index in [9.17, 15) is 38.7 Å². The number of rotatable bonds is 15. The number of amides is 6. The molecule has 0 saturated carbocycles. The summed E-state index contributed by atoms with van der Waals surface area (Å²) in [5, 5.41) is 33.2. The summed E-state index contributed by atoms with van der Waals surface area (Å²) in [7, 11) is 0. The van der Waals surface area contributed by atoms with Gasteiger partial charge in [-0.3, -0.25) is 28.8 Å². The number of primary amides is 1. The van der Waals surface area contributed by atoms with Gasteiger partial charge >= 0.3 is 5.97 Å². The molecule has 0 spiro atoms. The van der Waals surface area contributed by atoms with E-state index in [1.807, 2.05) is 0 Å². The van der Waals surface area contributed by atoms with Crippen LogP contribution in [0.15, 0.2) is 115 Å². The summed E-state index contributed by atoms with van der Waals surface area (Å²) in [5.74, 6) is -5.83. The van der Waals surface area contributed by atoms with E-state index in [1.54, 1.807) is 44.2 Å². The molecule has 0 unspecified atom stereocenters. The number of carboxylic acid groups (broad SMARTS) is 1. The molecule has 0 fully saturated rings. The lowest BCUT2D eigenvalue weighted by Crippen LogP contribution is -2.46. The minimum atomic E-state index is -1.36. The summed E-state index contributed by atoms with van der Waals surface area (Å²) in [5.41, 5.74) is 6.92. The van der Waals surface area contributed by atoms with Gasteiger partial charge in [-0.25, -0.2) is 4.79 Å². The van der Waals surface area contributed by atoms with E-state index < -0.39 is 59.8 Å². The highest BCUT2D eigenvalue weighted by atomic mass is 16.5. The van der Waals surface area contributed by atoms with Crippen LogP contribution < -0.4 is 37.1 Å². The molecular formula is C42H38N6O10. The molecule has 0 bridgehead atoms. The van der Waals surface area contributed by atoms with Gasteiger partial charge in [-0.05, 0) is 111 Å². The molecule has 5 rings (SSSR count). The number of nitrogens with two attached hydrogens (primary N) is 1. The van der Waals surface area contributed by atoms with Crippen LogP contribution in [0.2, 0.25) is 0 Å². The Hall–Kier alpha value is -8.01. The predicted octanol–water partition coefficient (Wildman–Crippen LogP) is 5.25. The molecule has 0 aromatic heterocycles. The molecule has 0 aliphatic carbocycles. The third-order valence-corrected chi connectivity index (χ3v) is 8.25. The van der Waals surface area contributed by atoms with Crippen LogP contribution in [-0.4, -0.2) is 63.8 Å². The Morgan fingerprint density at radius 1 is 0.586 bits per heavy atom. The molecule has 296 valence electrons. The summed E-state index contributed by atoms with van der Waals surface area (Å²) >= 11 is 0. The van der Waals surface area contributed by atoms with Gasteiger partial charge in [-0.15, -0.1) is 0 Å². The molecule has 58 heavy (non-hydrogen) atoms. The van der Waals surface area contributed by atoms with E-state index >= 15 is 0 Å². The van der Waals surface area contributed by atoms with Gasteiger partial charge in [0.15, 0.2) is 11.5 Å². The van der Waals surface area contributed by atoms with E-state index in [2.05, 4.69) is 26.6 Å². The number of phenols is 1. The lowest BCUT2D eigenvalue weighted by molar-refractivity contribution is -0.123. The molecular weight excluding hydrogens is 748 g/mol. The largest absolute Gasteiger partial charge is 0.504 e. The van der Waals surface area contributed by atoms with Crippen molar-refractivity contribution in [3.63, 3.8) is 0 Å². The fourth-order valence-corrected chi connectivity index (χ4v) is 5.38. The number of hydrogen-bond donors (Lipinski definition) is 8. The number of phenolic OH excluding ortho intramolecular Hbond substituents is 1. The van der Waals surface area contributed by atoms with Crippen molar-refractivity contribution in [1.82, 2.24) is 5.32 Å². The van der Waals surface area contributed by atoms with Crippen molar-refractivity contribution in [2.45, 2.75) is 32.4 Å². The maximum absolute atomic E-state index is 13.3.